The monoisotopic (exact) mass is 280 g/mol. The van der Waals surface area contributed by atoms with Crippen molar-refractivity contribution in [2.75, 3.05) is 12.4 Å². The fourth-order valence-corrected chi connectivity index (χ4v) is 1.47. The van der Waals surface area contributed by atoms with Crippen molar-refractivity contribution in [2.45, 2.75) is 18.9 Å². The zero-order valence-electron chi connectivity index (χ0n) is 11.0. The summed E-state index contributed by atoms with van der Waals surface area (Å²) in [6, 6.07) is 6.81. The lowest BCUT2D eigenvalue weighted by Crippen LogP contribution is -2.43. The van der Waals surface area contributed by atoms with Gasteiger partial charge in [-0.15, -0.1) is 0 Å². The number of esters is 1. The second-order valence-electron chi connectivity index (χ2n) is 3.97. The minimum Gasteiger partial charge on any atom is -0.480 e. The summed E-state index contributed by atoms with van der Waals surface area (Å²) in [5.41, 5.74) is 0.544. The van der Waals surface area contributed by atoms with Crippen molar-refractivity contribution < 1.29 is 24.2 Å². The molecule has 0 fully saturated rings. The summed E-state index contributed by atoms with van der Waals surface area (Å²) in [6.45, 7) is 0. The molecule has 0 saturated carbocycles. The van der Waals surface area contributed by atoms with E-state index in [1.807, 2.05) is 0 Å². The SMILES string of the molecule is COC(=O)CCC(NC(=O)Nc1ccccc1)C(=O)O. The highest BCUT2D eigenvalue weighted by Crippen LogP contribution is 2.05. The Kier molecular flexibility index (Phi) is 6.02. The number of ether oxygens (including phenoxy) is 1. The Hall–Kier alpha value is -2.57. The molecule has 3 N–H and O–H groups in total. The van der Waals surface area contributed by atoms with E-state index in [2.05, 4.69) is 15.4 Å². The van der Waals surface area contributed by atoms with Gasteiger partial charge in [0.1, 0.15) is 6.04 Å². The molecule has 2 amide bonds. The van der Waals surface area contributed by atoms with Crippen molar-refractivity contribution in [3.8, 4) is 0 Å². The lowest BCUT2D eigenvalue weighted by Gasteiger charge is -2.14. The number of para-hydroxylation sites is 1. The first-order valence-corrected chi connectivity index (χ1v) is 5.95. The van der Waals surface area contributed by atoms with Crippen LogP contribution >= 0.6 is 0 Å². The fraction of sp³-hybridized carbons (Fsp3) is 0.308. The summed E-state index contributed by atoms with van der Waals surface area (Å²) in [6.07, 6.45) is -0.122. The number of nitrogens with one attached hydrogen (secondary N) is 2. The number of carboxylic acid groups (broad SMARTS) is 1. The number of rotatable bonds is 6. The quantitative estimate of drug-likeness (QED) is 0.679. The van der Waals surface area contributed by atoms with Gasteiger partial charge in [0.2, 0.25) is 0 Å². The molecule has 0 radical (unpaired) electrons. The van der Waals surface area contributed by atoms with Crippen LogP contribution in [0, 0.1) is 0 Å². The summed E-state index contributed by atoms with van der Waals surface area (Å²) in [5.74, 6) is -1.74. The molecule has 1 aromatic carbocycles. The smallest absolute Gasteiger partial charge is 0.326 e. The highest BCUT2D eigenvalue weighted by molar-refractivity contribution is 5.92. The van der Waals surface area contributed by atoms with Crippen molar-refractivity contribution >= 4 is 23.7 Å². The van der Waals surface area contributed by atoms with Crippen LogP contribution in [-0.2, 0) is 14.3 Å². The number of carbonyl (C=O) groups excluding carboxylic acids is 2. The van der Waals surface area contributed by atoms with Crippen LogP contribution in [0.25, 0.3) is 0 Å². The van der Waals surface area contributed by atoms with Gasteiger partial charge >= 0.3 is 18.0 Å². The van der Waals surface area contributed by atoms with Crippen molar-refractivity contribution in [1.82, 2.24) is 5.32 Å². The van der Waals surface area contributed by atoms with Gasteiger partial charge in [0, 0.05) is 12.1 Å². The predicted octanol–water partition coefficient (Wildman–Crippen LogP) is 1.21. The van der Waals surface area contributed by atoms with Crippen LogP contribution in [0.2, 0.25) is 0 Å². The molecule has 0 aromatic heterocycles. The predicted molar refractivity (Wildman–Crippen MR) is 71.3 cm³/mol. The van der Waals surface area contributed by atoms with Crippen molar-refractivity contribution in [1.29, 1.82) is 0 Å². The van der Waals surface area contributed by atoms with E-state index in [0.717, 1.165) is 0 Å². The van der Waals surface area contributed by atoms with E-state index in [0.29, 0.717) is 5.69 Å². The summed E-state index contributed by atoms with van der Waals surface area (Å²) >= 11 is 0. The average molecular weight is 280 g/mol. The van der Waals surface area contributed by atoms with Gasteiger partial charge in [0.25, 0.3) is 0 Å². The fourth-order valence-electron chi connectivity index (χ4n) is 1.47. The molecule has 7 heteroatoms. The molecule has 0 heterocycles. The number of urea groups is 1. The van der Waals surface area contributed by atoms with E-state index < -0.39 is 24.0 Å². The number of carbonyl (C=O) groups is 3. The molecule has 1 rings (SSSR count). The number of hydrogen-bond donors (Lipinski definition) is 3. The van der Waals surface area contributed by atoms with E-state index in [9.17, 15) is 14.4 Å². The van der Waals surface area contributed by atoms with Gasteiger partial charge < -0.3 is 20.5 Å². The number of anilines is 1. The molecule has 0 aliphatic carbocycles. The van der Waals surface area contributed by atoms with E-state index in [1.54, 1.807) is 30.3 Å². The van der Waals surface area contributed by atoms with Crippen molar-refractivity contribution in [2.24, 2.45) is 0 Å². The zero-order valence-corrected chi connectivity index (χ0v) is 11.0. The minimum atomic E-state index is -1.21. The van der Waals surface area contributed by atoms with Crippen LogP contribution in [0.5, 0.6) is 0 Å². The Balaban J connectivity index is 2.50. The molecule has 1 unspecified atom stereocenters. The van der Waals surface area contributed by atoms with E-state index in [1.165, 1.54) is 7.11 Å². The summed E-state index contributed by atoms with van der Waals surface area (Å²) in [5, 5.41) is 13.8. The van der Waals surface area contributed by atoms with E-state index in [4.69, 9.17) is 5.11 Å². The third-order valence-electron chi connectivity index (χ3n) is 2.50. The van der Waals surface area contributed by atoms with Gasteiger partial charge in [-0.05, 0) is 18.6 Å². The maximum absolute atomic E-state index is 11.6. The van der Waals surface area contributed by atoms with Crippen LogP contribution in [0.15, 0.2) is 30.3 Å². The maximum atomic E-state index is 11.6. The molecule has 0 saturated heterocycles. The van der Waals surface area contributed by atoms with Crippen LogP contribution in [0.1, 0.15) is 12.8 Å². The highest BCUT2D eigenvalue weighted by atomic mass is 16.5. The maximum Gasteiger partial charge on any atom is 0.326 e. The number of benzene rings is 1. The molecule has 0 aliphatic rings. The number of amides is 2. The van der Waals surface area contributed by atoms with Crippen LogP contribution < -0.4 is 10.6 Å². The third kappa shape index (κ3) is 5.38. The number of aliphatic carboxylic acids is 1. The number of carboxylic acids is 1. The summed E-state index contributed by atoms with van der Waals surface area (Å²) in [4.78, 5) is 33.6. The lowest BCUT2D eigenvalue weighted by molar-refractivity contribution is -0.142. The molecule has 1 atom stereocenters. The molecule has 0 spiro atoms. The largest absolute Gasteiger partial charge is 0.480 e. The standard InChI is InChI=1S/C13H16N2O5/c1-20-11(16)8-7-10(12(17)18)15-13(19)14-9-5-3-2-4-6-9/h2-6,10H,7-8H2,1H3,(H,17,18)(H2,14,15,19). The molecule has 0 bridgehead atoms. The molecular weight excluding hydrogens is 264 g/mol. The first-order chi connectivity index (χ1) is 9.52. The Bertz CT molecular complexity index is 475. The molecule has 108 valence electrons. The molecule has 0 aliphatic heterocycles. The molecule has 7 nitrogen and oxygen atoms in total. The Labute approximate surface area is 115 Å². The van der Waals surface area contributed by atoms with Crippen LogP contribution in [0.4, 0.5) is 10.5 Å². The third-order valence-corrected chi connectivity index (χ3v) is 2.50. The molecule has 20 heavy (non-hydrogen) atoms. The van der Waals surface area contributed by atoms with E-state index >= 15 is 0 Å². The van der Waals surface area contributed by atoms with Gasteiger partial charge in [-0.25, -0.2) is 9.59 Å². The first kappa shape index (κ1) is 15.5. The Morgan fingerprint density at radius 3 is 2.45 bits per heavy atom. The van der Waals surface area contributed by atoms with Gasteiger partial charge in [0.15, 0.2) is 0 Å². The topological polar surface area (TPSA) is 105 Å². The normalized spacial score (nSPS) is 11.2. The average Bonchev–Trinajstić information content (AvgIpc) is 2.43. The van der Waals surface area contributed by atoms with Crippen molar-refractivity contribution in [3.05, 3.63) is 30.3 Å². The first-order valence-electron chi connectivity index (χ1n) is 5.95. The second-order valence-corrected chi connectivity index (χ2v) is 3.97. The summed E-state index contributed by atoms with van der Waals surface area (Å²) in [7, 11) is 1.22. The number of hydrogen-bond acceptors (Lipinski definition) is 4. The van der Waals surface area contributed by atoms with Crippen LogP contribution in [0.3, 0.4) is 0 Å². The van der Waals surface area contributed by atoms with Gasteiger partial charge in [-0.3, -0.25) is 4.79 Å². The van der Waals surface area contributed by atoms with Gasteiger partial charge in [-0.1, -0.05) is 18.2 Å². The highest BCUT2D eigenvalue weighted by Gasteiger charge is 2.21. The summed E-state index contributed by atoms with van der Waals surface area (Å²) < 4.78 is 4.42. The zero-order chi connectivity index (χ0) is 15.0. The lowest BCUT2D eigenvalue weighted by atomic mass is 10.1. The molecular formula is C13H16N2O5. The van der Waals surface area contributed by atoms with E-state index in [-0.39, 0.29) is 12.8 Å². The Morgan fingerprint density at radius 1 is 1.25 bits per heavy atom. The molecule has 1 aromatic rings. The van der Waals surface area contributed by atoms with Crippen LogP contribution in [-0.4, -0.2) is 36.2 Å². The Morgan fingerprint density at radius 2 is 1.90 bits per heavy atom. The minimum absolute atomic E-state index is 0.0375. The van der Waals surface area contributed by atoms with Gasteiger partial charge in [0.05, 0.1) is 7.11 Å². The van der Waals surface area contributed by atoms with Gasteiger partial charge in [-0.2, -0.15) is 0 Å². The second kappa shape index (κ2) is 7.78. The number of methoxy groups -OCH3 is 1. The van der Waals surface area contributed by atoms with Crippen molar-refractivity contribution in [3.63, 3.8) is 0 Å².